The van der Waals surface area contributed by atoms with Crippen molar-refractivity contribution in [2.24, 2.45) is 0 Å². The van der Waals surface area contributed by atoms with Crippen LogP contribution in [0, 0.1) is 6.92 Å². The zero-order chi connectivity index (χ0) is 18.9. The predicted octanol–water partition coefficient (Wildman–Crippen LogP) is 5.16. The lowest BCUT2D eigenvalue weighted by molar-refractivity contribution is 0.487. The number of fused-ring (bicyclic) bond motifs is 2. The Balaban J connectivity index is 1.63. The van der Waals surface area contributed by atoms with E-state index < -0.39 is 0 Å². The summed E-state index contributed by atoms with van der Waals surface area (Å²) in [6.45, 7) is 2.47. The van der Waals surface area contributed by atoms with Gasteiger partial charge >= 0.3 is 0 Å². The molecule has 4 aromatic rings. The van der Waals surface area contributed by atoms with Gasteiger partial charge in [-0.05, 0) is 58.6 Å². The minimum Gasteiger partial charge on any atom is -0.458 e. The monoisotopic (exact) mass is 360 g/mol. The Labute approximate surface area is 166 Å². The highest BCUT2D eigenvalue weighted by atomic mass is 16.5. The molecule has 0 atom stereocenters. The van der Waals surface area contributed by atoms with E-state index in [1.165, 1.54) is 33.2 Å². The molecule has 1 heterocycles. The van der Waals surface area contributed by atoms with Gasteiger partial charge in [-0.25, -0.2) is 0 Å². The molecule has 0 aliphatic carbocycles. The molecule has 0 spiro atoms. The first-order chi connectivity index (χ1) is 13.8. The minimum absolute atomic E-state index is 0.284. The first-order valence-electron chi connectivity index (χ1n) is 9.81. The van der Waals surface area contributed by atoms with Gasteiger partial charge in [0.2, 0.25) is 6.71 Å². The van der Waals surface area contributed by atoms with Crippen LogP contribution in [0.5, 0.6) is 11.5 Å². The topological polar surface area (TPSA) is 9.23 Å². The van der Waals surface area contributed by atoms with Crippen molar-refractivity contribution < 1.29 is 4.74 Å². The number of benzene rings is 4. The standard InChI is InChI=1S/C26H21BO/c1-19-10-2-4-12-21(19)22-13-5-3-11-20(22)18-27-23-14-6-8-16-25(23)28-26-17-9-7-15-24(26)27/h2-17H,18H2,1H3. The van der Waals surface area contributed by atoms with Crippen molar-refractivity contribution in [3.8, 4) is 22.6 Å². The van der Waals surface area contributed by atoms with Crippen LogP contribution in [0.25, 0.3) is 11.1 Å². The summed E-state index contributed by atoms with van der Waals surface area (Å²) in [5, 5.41) is 0. The van der Waals surface area contributed by atoms with Crippen molar-refractivity contribution in [3.05, 3.63) is 108 Å². The van der Waals surface area contributed by atoms with Crippen molar-refractivity contribution in [3.63, 3.8) is 0 Å². The van der Waals surface area contributed by atoms with Crippen LogP contribution >= 0.6 is 0 Å². The largest absolute Gasteiger partial charge is 0.458 e. The third kappa shape index (κ3) is 2.91. The second-order valence-electron chi connectivity index (χ2n) is 7.41. The summed E-state index contributed by atoms with van der Waals surface area (Å²) >= 11 is 0. The highest BCUT2D eigenvalue weighted by Gasteiger charge is 2.30. The maximum atomic E-state index is 6.18. The van der Waals surface area contributed by atoms with Gasteiger partial charge in [0.25, 0.3) is 0 Å². The van der Waals surface area contributed by atoms with Gasteiger partial charge in [-0.15, -0.1) is 0 Å². The van der Waals surface area contributed by atoms with Crippen LogP contribution < -0.4 is 15.7 Å². The van der Waals surface area contributed by atoms with E-state index in [1.807, 2.05) is 12.1 Å². The fourth-order valence-electron chi connectivity index (χ4n) is 4.28. The molecule has 1 nitrogen and oxygen atoms in total. The third-order valence-electron chi connectivity index (χ3n) is 5.69. The molecule has 0 bridgehead atoms. The summed E-state index contributed by atoms with van der Waals surface area (Å²) in [4.78, 5) is 0. The molecule has 0 aromatic heterocycles. The van der Waals surface area contributed by atoms with Crippen LogP contribution in [0.15, 0.2) is 97.1 Å². The van der Waals surface area contributed by atoms with E-state index in [4.69, 9.17) is 4.74 Å². The van der Waals surface area contributed by atoms with E-state index in [1.54, 1.807) is 0 Å². The normalized spacial score (nSPS) is 12.1. The highest BCUT2D eigenvalue weighted by molar-refractivity contribution is 6.86. The zero-order valence-electron chi connectivity index (χ0n) is 15.9. The van der Waals surface area contributed by atoms with Crippen LogP contribution in [0.1, 0.15) is 11.1 Å². The van der Waals surface area contributed by atoms with Crippen molar-refractivity contribution >= 4 is 17.6 Å². The zero-order valence-corrected chi connectivity index (χ0v) is 15.9. The molecule has 1 aliphatic rings. The number of aryl methyl sites for hydroxylation is 1. The lowest BCUT2D eigenvalue weighted by Gasteiger charge is -2.27. The van der Waals surface area contributed by atoms with Crippen molar-refractivity contribution in [1.82, 2.24) is 0 Å². The van der Waals surface area contributed by atoms with Crippen molar-refractivity contribution in [2.75, 3.05) is 0 Å². The van der Waals surface area contributed by atoms with Crippen molar-refractivity contribution in [2.45, 2.75) is 13.2 Å². The lowest BCUT2D eigenvalue weighted by Crippen LogP contribution is -2.48. The van der Waals surface area contributed by atoms with Crippen LogP contribution in [-0.4, -0.2) is 6.71 Å². The highest BCUT2D eigenvalue weighted by Crippen LogP contribution is 2.30. The molecule has 0 saturated heterocycles. The SMILES string of the molecule is Cc1ccccc1-c1ccccc1CB1c2ccccc2Oc2ccccc21. The van der Waals surface area contributed by atoms with E-state index in [0.29, 0.717) is 0 Å². The maximum absolute atomic E-state index is 6.18. The predicted molar refractivity (Wildman–Crippen MR) is 118 cm³/mol. The Hall–Kier alpha value is -3.26. The van der Waals surface area contributed by atoms with Gasteiger partial charge in [0.15, 0.2) is 0 Å². The molecule has 2 heteroatoms. The second kappa shape index (κ2) is 7.05. The Morgan fingerprint density at radius 3 is 1.82 bits per heavy atom. The summed E-state index contributed by atoms with van der Waals surface area (Å²) in [5.74, 6) is 1.94. The summed E-state index contributed by atoms with van der Waals surface area (Å²) in [6, 6.07) is 34.3. The number of hydrogen-bond donors (Lipinski definition) is 0. The lowest BCUT2D eigenvalue weighted by atomic mass is 9.36. The maximum Gasteiger partial charge on any atom is 0.223 e. The fourth-order valence-corrected chi connectivity index (χ4v) is 4.28. The molecule has 0 saturated carbocycles. The van der Waals surface area contributed by atoms with Gasteiger partial charge in [-0.1, -0.05) is 84.9 Å². The molecule has 0 radical (unpaired) electrons. The first-order valence-corrected chi connectivity index (χ1v) is 9.81. The number of para-hydroxylation sites is 2. The summed E-state index contributed by atoms with van der Waals surface area (Å²) in [6.07, 6.45) is 0.946. The summed E-state index contributed by atoms with van der Waals surface area (Å²) in [5.41, 5.74) is 7.84. The van der Waals surface area contributed by atoms with Crippen LogP contribution in [0.3, 0.4) is 0 Å². The Kier molecular flexibility index (Phi) is 4.25. The fraction of sp³-hybridized carbons (Fsp3) is 0.0769. The number of rotatable bonds is 3. The molecule has 0 N–H and O–H groups in total. The Morgan fingerprint density at radius 2 is 1.14 bits per heavy atom. The Bertz CT molecular complexity index is 1100. The first kappa shape index (κ1) is 16.9. The van der Waals surface area contributed by atoms with E-state index >= 15 is 0 Å². The average Bonchev–Trinajstić information content (AvgIpc) is 2.74. The molecule has 134 valence electrons. The second-order valence-corrected chi connectivity index (χ2v) is 7.41. The molecule has 4 aromatic carbocycles. The van der Waals surface area contributed by atoms with Gasteiger partial charge in [0.05, 0.1) is 0 Å². The minimum atomic E-state index is 0.284. The third-order valence-corrected chi connectivity index (χ3v) is 5.69. The molecule has 1 aliphatic heterocycles. The van der Waals surface area contributed by atoms with Gasteiger partial charge in [0, 0.05) is 0 Å². The van der Waals surface area contributed by atoms with Crippen molar-refractivity contribution in [1.29, 1.82) is 0 Å². The molecule has 28 heavy (non-hydrogen) atoms. The summed E-state index contributed by atoms with van der Waals surface area (Å²) in [7, 11) is 0. The summed E-state index contributed by atoms with van der Waals surface area (Å²) < 4.78 is 6.18. The van der Waals surface area contributed by atoms with Crippen LogP contribution in [-0.2, 0) is 6.32 Å². The van der Waals surface area contributed by atoms with E-state index in [2.05, 4.69) is 91.9 Å². The van der Waals surface area contributed by atoms with Gasteiger partial charge in [-0.3, -0.25) is 0 Å². The average molecular weight is 360 g/mol. The molecule has 0 amide bonds. The van der Waals surface area contributed by atoms with Gasteiger partial charge in [0.1, 0.15) is 11.5 Å². The van der Waals surface area contributed by atoms with E-state index in [-0.39, 0.29) is 6.71 Å². The molecule has 0 unspecified atom stereocenters. The van der Waals surface area contributed by atoms with Crippen LogP contribution in [0.4, 0.5) is 0 Å². The van der Waals surface area contributed by atoms with E-state index in [0.717, 1.165) is 17.8 Å². The number of ether oxygens (including phenoxy) is 1. The Morgan fingerprint density at radius 1 is 0.607 bits per heavy atom. The van der Waals surface area contributed by atoms with Crippen LogP contribution in [0.2, 0.25) is 0 Å². The van der Waals surface area contributed by atoms with Gasteiger partial charge < -0.3 is 4.74 Å². The number of hydrogen-bond acceptors (Lipinski definition) is 1. The molecular weight excluding hydrogens is 339 g/mol. The van der Waals surface area contributed by atoms with Gasteiger partial charge in [-0.2, -0.15) is 0 Å². The molecular formula is C26H21BO. The van der Waals surface area contributed by atoms with E-state index in [9.17, 15) is 0 Å². The quantitative estimate of drug-likeness (QED) is 0.459. The molecule has 5 rings (SSSR count). The molecule has 0 fully saturated rings. The smallest absolute Gasteiger partial charge is 0.223 e.